The van der Waals surface area contributed by atoms with E-state index in [1.54, 1.807) is 13.2 Å². The van der Waals surface area contributed by atoms with Gasteiger partial charge in [0, 0.05) is 15.2 Å². The fourth-order valence-corrected chi connectivity index (χ4v) is 2.42. The summed E-state index contributed by atoms with van der Waals surface area (Å²) in [6.07, 6.45) is 0. The Balaban J connectivity index is 2.77. The van der Waals surface area contributed by atoms with E-state index in [0.717, 1.165) is 9.86 Å². The molecule has 17 heavy (non-hydrogen) atoms. The summed E-state index contributed by atoms with van der Waals surface area (Å²) in [4.78, 5) is 0. The third-order valence-electron chi connectivity index (χ3n) is 2.53. The normalized spacial score (nSPS) is 10.5. The Labute approximate surface area is 108 Å². The van der Waals surface area contributed by atoms with Crippen LogP contribution in [0.2, 0.25) is 0 Å². The number of phenolic OH excluding ortho intramolecular Hbond substituents is 1. The molecule has 0 aliphatic rings. The first kappa shape index (κ1) is 12.0. The lowest BCUT2D eigenvalue weighted by Gasteiger charge is -2.12. The summed E-state index contributed by atoms with van der Waals surface area (Å²) in [5.74, 6) is 1.33. The molecule has 1 N–H and O–H groups in total. The fraction of sp³-hybridized carbons (Fsp3) is 0.231. The second kappa shape index (κ2) is 4.84. The first-order valence-corrected chi connectivity index (χ1v) is 6.09. The van der Waals surface area contributed by atoms with Gasteiger partial charge in [-0.1, -0.05) is 12.1 Å². The summed E-state index contributed by atoms with van der Waals surface area (Å²) in [7, 11) is 1.61. The van der Waals surface area contributed by atoms with Crippen molar-refractivity contribution in [3.8, 4) is 17.2 Å². The van der Waals surface area contributed by atoms with Crippen LogP contribution in [0, 0.1) is 0 Å². The van der Waals surface area contributed by atoms with Gasteiger partial charge >= 0.3 is 0 Å². The molecule has 0 saturated carbocycles. The Hall–Kier alpha value is -1.42. The van der Waals surface area contributed by atoms with E-state index >= 15 is 0 Å². The number of halogens is 1. The Morgan fingerprint density at radius 3 is 2.71 bits per heavy atom. The molecule has 0 aromatic heterocycles. The second-order valence-corrected chi connectivity index (χ2v) is 4.38. The Bertz CT molecular complexity index is 552. The number of fused-ring (bicyclic) bond motifs is 1. The Morgan fingerprint density at radius 1 is 1.29 bits per heavy atom. The zero-order chi connectivity index (χ0) is 12.4. The van der Waals surface area contributed by atoms with Gasteiger partial charge in [-0.05, 0) is 35.0 Å². The number of methoxy groups -OCH3 is 1. The van der Waals surface area contributed by atoms with E-state index in [1.165, 1.54) is 0 Å². The van der Waals surface area contributed by atoms with Crippen LogP contribution < -0.4 is 9.47 Å². The molecule has 3 nitrogen and oxygen atoms in total. The molecule has 0 heterocycles. The molecule has 0 saturated heterocycles. The Kier molecular flexibility index (Phi) is 3.43. The summed E-state index contributed by atoms with van der Waals surface area (Å²) in [6.45, 7) is 2.39. The van der Waals surface area contributed by atoms with Crippen LogP contribution in [0.25, 0.3) is 10.8 Å². The predicted octanol–water partition coefficient (Wildman–Crippen LogP) is 3.72. The maximum atomic E-state index is 10.1. The van der Waals surface area contributed by atoms with Crippen molar-refractivity contribution in [3.63, 3.8) is 0 Å². The van der Waals surface area contributed by atoms with Crippen LogP contribution in [0.5, 0.6) is 17.2 Å². The molecule has 0 bridgehead atoms. The Morgan fingerprint density at radius 2 is 2.06 bits per heavy atom. The van der Waals surface area contributed by atoms with Gasteiger partial charge in [0.2, 0.25) is 0 Å². The van der Waals surface area contributed by atoms with Crippen LogP contribution in [0.15, 0.2) is 28.7 Å². The van der Waals surface area contributed by atoms with E-state index in [4.69, 9.17) is 9.47 Å². The van der Waals surface area contributed by atoms with Gasteiger partial charge in [0.25, 0.3) is 0 Å². The number of hydrogen-bond donors (Lipinski definition) is 1. The zero-order valence-corrected chi connectivity index (χ0v) is 11.2. The van der Waals surface area contributed by atoms with Gasteiger partial charge in [-0.2, -0.15) is 0 Å². The van der Waals surface area contributed by atoms with Crippen molar-refractivity contribution in [1.82, 2.24) is 0 Å². The van der Waals surface area contributed by atoms with Crippen molar-refractivity contribution in [2.75, 3.05) is 13.7 Å². The monoisotopic (exact) mass is 296 g/mol. The van der Waals surface area contributed by atoms with E-state index in [2.05, 4.69) is 15.9 Å². The number of ether oxygens (including phenoxy) is 2. The van der Waals surface area contributed by atoms with Crippen LogP contribution in [0.3, 0.4) is 0 Å². The molecule has 2 rings (SSSR count). The molecule has 0 aliphatic heterocycles. The van der Waals surface area contributed by atoms with E-state index in [-0.39, 0.29) is 5.75 Å². The zero-order valence-electron chi connectivity index (χ0n) is 9.66. The molecule has 0 aliphatic carbocycles. The quantitative estimate of drug-likeness (QED) is 0.938. The minimum atomic E-state index is 0.143. The van der Waals surface area contributed by atoms with Crippen molar-refractivity contribution in [2.24, 2.45) is 0 Å². The lowest BCUT2D eigenvalue weighted by molar-refractivity contribution is 0.319. The van der Waals surface area contributed by atoms with Gasteiger partial charge < -0.3 is 14.6 Å². The standard InChI is InChI=1S/C13H13BrO3/c1-3-17-11-7-9(14)12-8(13(11)15)5-4-6-10(12)16-2/h4-7,15H,3H2,1-2H3. The third kappa shape index (κ3) is 2.05. The average Bonchev–Trinajstić information content (AvgIpc) is 2.35. The lowest BCUT2D eigenvalue weighted by Crippen LogP contribution is -1.93. The summed E-state index contributed by atoms with van der Waals surface area (Å²) in [6, 6.07) is 7.28. The van der Waals surface area contributed by atoms with Crippen molar-refractivity contribution in [3.05, 3.63) is 28.7 Å². The molecular formula is C13H13BrO3. The molecule has 2 aromatic carbocycles. The van der Waals surface area contributed by atoms with E-state index in [9.17, 15) is 5.11 Å². The van der Waals surface area contributed by atoms with Crippen molar-refractivity contribution >= 4 is 26.7 Å². The first-order chi connectivity index (χ1) is 8.19. The summed E-state index contributed by atoms with van der Waals surface area (Å²) < 4.78 is 11.5. The lowest BCUT2D eigenvalue weighted by atomic mass is 10.1. The number of aromatic hydroxyl groups is 1. The first-order valence-electron chi connectivity index (χ1n) is 5.30. The van der Waals surface area contributed by atoms with Gasteiger partial charge in [-0.3, -0.25) is 0 Å². The van der Waals surface area contributed by atoms with Crippen LogP contribution in [-0.4, -0.2) is 18.8 Å². The molecule has 4 heteroatoms. The minimum Gasteiger partial charge on any atom is -0.504 e. The highest BCUT2D eigenvalue weighted by Gasteiger charge is 2.14. The van der Waals surface area contributed by atoms with E-state index < -0.39 is 0 Å². The number of phenols is 1. The highest BCUT2D eigenvalue weighted by atomic mass is 79.9. The molecule has 0 amide bonds. The molecule has 0 spiro atoms. The highest BCUT2D eigenvalue weighted by molar-refractivity contribution is 9.10. The molecule has 0 fully saturated rings. The van der Waals surface area contributed by atoms with Gasteiger partial charge in [-0.15, -0.1) is 0 Å². The maximum Gasteiger partial charge on any atom is 0.165 e. The van der Waals surface area contributed by atoms with Gasteiger partial charge in [-0.25, -0.2) is 0 Å². The highest BCUT2D eigenvalue weighted by Crippen LogP contribution is 2.42. The second-order valence-electron chi connectivity index (χ2n) is 3.52. The minimum absolute atomic E-state index is 0.143. The van der Waals surface area contributed by atoms with Crippen LogP contribution >= 0.6 is 15.9 Å². The number of rotatable bonds is 3. The fourth-order valence-electron chi connectivity index (χ4n) is 1.80. The number of benzene rings is 2. The van der Waals surface area contributed by atoms with E-state index in [0.29, 0.717) is 23.5 Å². The number of hydrogen-bond acceptors (Lipinski definition) is 3. The largest absolute Gasteiger partial charge is 0.504 e. The van der Waals surface area contributed by atoms with Gasteiger partial charge in [0.15, 0.2) is 11.5 Å². The molecule has 2 aromatic rings. The van der Waals surface area contributed by atoms with Crippen LogP contribution in [-0.2, 0) is 0 Å². The molecule has 0 radical (unpaired) electrons. The van der Waals surface area contributed by atoms with Crippen molar-refractivity contribution in [1.29, 1.82) is 0 Å². The van der Waals surface area contributed by atoms with Crippen LogP contribution in [0.4, 0.5) is 0 Å². The topological polar surface area (TPSA) is 38.7 Å². The smallest absolute Gasteiger partial charge is 0.165 e. The molecule has 90 valence electrons. The molecular weight excluding hydrogens is 284 g/mol. The predicted molar refractivity (Wildman–Crippen MR) is 71.0 cm³/mol. The van der Waals surface area contributed by atoms with Gasteiger partial charge in [0.1, 0.15) is 5.75 Å². The van der Waals surface area contributed by atoms with E-state index in [1.807, 2.05) is 25.1 Å². The van der Waals surface area contributed by atoms with Crippen molar-refractivity contribution in [2.45, 2.75) is 6.92 Å². The molecule has 0 unspecified atom stereocenters. The summed E-state index contributed by atoms with van der Waals surface area (Å²) in [5.41, 5.74) is 0. The third-order valence-corrected chi connectivity index (χ3v) is 3.16. The SMILES string of the molecule is CCOc1cc(Br)c2c(OC)cccc2c1O. The van der Waals surface area contributed by atoms with Gasteiger partial charge in [0.05, 0.1) is 13.7 Å². The summed E-state index contributed by atoms with van der Waals surface area (Å²) in [5, 5.41) is 11.7. The molecule has 0 atom stereocenters. The summed E-state index contributed by atoms with van der Waals surface area (Å²) >= 11 is 3.47. The van der Waals surface area contributed by atoms with Crippen molar-refractivity contribution < 1.29 is 14.6 Å². The average molecular weight is 297 g/mol. The maximum absolute atomic E-state index is 10.1. The van der Waals surface area contributed by atoms with Crippen LogP contribution in [0.1, 0.15) is 6.92 Å².